The Bertz CT molecular complexity index is 7560. The number of carbonyl (C=O) groups is 4. The molecule has 0 spiro atoms. The van der Waals surface area contributed by atoms with E-state index in [1.54, 1.807) is 6.92 Å². The maximum Gasteiger partial charge on any atom is 0.306 e. The van der Waals surface area contributed by atoms with Crippen LogP contribution in [-0.2, 0) is 59.1 Å². The van der Waals surface area contributed by atoms with Crippen molar-refractivity contribution in [2.24, 2.45) is 0 Å². The number of nitrogens with zero attached hydrogens (tertiary/aromatic N) is 8. The van der Waals surface area contributed by atoms with Crippen LogP contribution in [0.5, 0.6) is 0 Å². The standard InChI is InChI=1S/C65H54N4O4.C64H52N4O4/c1-46(71)16-17-47-18-31-55(32-19-47)68(57-35-23-51(24-36-57)49-10-4-2-5-11-49)59-39-27-53(28-40-59)64-65(67-62-15-9-8-14-61(62)66-64)54-29-41-60(42-30-54)69(58-37-25-52(26-38-58)50-12-6-3-7-13-50)56-33-20-48(21-34-56)22-43-63(72)73-45-44-70;1-71-61(69)43-21-45-17-31-53(32-18-45)67(55-35-23-49(24-36-55)47-11-5-3-6-12-47)57-39-27-51(28-40-57)63-64(66-60-16-10-9-15-59(60)65-63)52-29-41-58(42-30-52)68(54-33-19-46(20-34-54)22-44-62(70)72-2)56-37-25-50(26-38-56)48-13-7-4-8-14-48/h2-15,18-21,23-42,70H,16-17,22,43-45H2,1H3;3-20,23-42H,21-22,43-44H2,1-2H3. The average Bonchev–Trinajstić information content (AvgIpc) is 0.769. The van der Waals surface area contributed by atoms with E-state index in [4.69, 9.17) is 39.3 Å². The maximum atomic E-state index is 12.2. The first-order valence-corrected chi connectivity index (χ1v) is 48.8. The van der Waals surface area contributed by atoms with Crippen LogP contribution in [0.2, 0.25) is 0 Å². The number of hydrogen-bond acceptors (Lipinski definition) is 16. The van der Waals surface area contributed by atoms with Crippen LogP contribution in [0.1, 0.15) is 54.9 Å². The number of ketones is 1. The van der Waals surface area contributed by atoms with Crippen LogP contribution < -0.4 is 19.6 Å². The van der Waals surface area contributed by atoms with Crippen LogP contribution in [0.4, 0.5) is 68.2 Å². The molecule has 0 radical (unpaired) electrons. The van der Waals surface area contributed by atoms with E-state index >= 15 is 0 Å². The predicted molar refractivity (Wildman–Crippen MR) is 587 cm³/mol. The molecule has 0 aliphatic rings. The molecule has 16 nitrogen and oxygen atoms in total. The monoisotopic (exact) mass is 1890 g/mol. The zero-order chi connectivity index (χ0) is 99.2. The molecule has 20 rings (SSSR count). The molecule has 18 aromatic carbocycles. The Kier molecular flexibility index (Phi) is 30.3. The van der Waals surface area contributed by atoms with Crippen LogP contribution in [0.25, 0.3) is 112 Å². The van der Waals surface area contributed by atoms with E-state index in [9.17, 15) is 19.2 Å². The van der Waals surface area contributed by atoms with Gasteiger partial charge in [-0.15, -0.1) is 0 Å². The van der Waals surface area contributed by atoms with Crippen molar-refractivity contribution in [3.8, 4) is 89.5 Å². The number of esters is 3. The van der Waals surface area contributed by atoms with Crippen molar-refractivity contribution in [3.05, 3.63) is 483 Å². The Balaban J connectivity index is 0.000000183. The summed E-state index contributed by atoms with van der Waals surface area (Å²) in [4.78, 5) is 77.9. The molecular weight excluding hydrogens is 1790 g/mol. The minimum absolute atomic E-state index is 0.00379. The van der Waals surface area contributed by atoms with Gasteiger partial charge in [-0.1, -0.05) is 291 Å². The van der Waals surface area contributed by atoms with E-state index in [1.807, 2.05) is 97.1 Å². The second kappa shape index (κ2) is 45.9. The Hall–Kier alpha value is -18.1. The lowest BCUT2D eigenvalue weighted by Gasteiger charge is -2.26. The van der Waals surface area contributed by atoms with Crippen LogP contribution >= 0.6 is 0 Å². The van der Waals surface area contributed by atoms with E-state index in [0.29, 0.717) is 44.9 Å². The number of rotatable bonds is 34. The first-order chi connectivity index (χ1) is 71.3. The normalized spacial score (nSPS) is 11.0. The number of Topliss-reactive ketones (excluding diaryl/α,β-unsaturated/α-hetero) is 1. The highest BCUT2D eigenvalue weighted by molar-refractivity contribution is 5.93. The number of aliphatic hydroxyl groups excluding tert-OH is 1. The fourth-order valence-corrected chi connectivity index (χ4v) is 18.1. The third-order valence-electron chi connectivity index (χ3n) is 25.9. The van der Waals surface area contributed by atoms with E-state index in [0.717, 1.165) is 202 Å². The molecule has 0 saturated carbocycles. The highest BCUT2D eigenvalue weighted by Gasteiger charge is 2.24. The number of benzene rings is 18. The molecule has 20 aromatic rings. The smallest absolute Gasteiger partial charge is 0.306 e. The van der Waals surface area contributed by atoms with Crippen LogP contribution in [0, 0.1) is 0 Å². The van der Waals surface area contributed by atoms with Gasteiger partial charge in [0.1, 0.15) is 12.4 Å². The highest BCUT2D eigenvalue weighted by Crippen LogP contribution is 2.46. The van der Waals surface area contributed by atoms with Gasteiger partial charge in [-0.3, -0.25) is 14.4 Å². The van der Waals surface area contributed by atoms with Gasteiger partial charge in [0.15, 0.2) is 0 Å². The summed E-state index contributed by atoms with van der Waals surface area (Å²) in [7, 11) is 2.84. The first kappa shape index (κ1) is 95.8. The number of hydrogen-bond donors (Lipinski definition) is 1. The number of methoxy groups -OCH3 is 2. The van der Waals surface area contributed by atoms with E-state index in [-0.39, 0.29) is 43.3 Å². The average molecular weight is 1900 g/mol. The van der Waals surface area contributed by atoms with Gasteiger partial charge in [0, 0.05) is 116 Å². The minimum atomic E-state index is -0.330. The number of anilines is 12. The van der Waals surface area contributed by atoms with Crippen molar-refractivity contribution in [3.63, 3.8) is 0 Å². The second-order valence-corrected chi connectivity index (χ2v) is 35.5. The lowest BCUT2D eigenvalue weighted by Crippen LogP contribution is -2.11. The van der Waals surface area contributed by atoms with Crippen molar-refractivity contribution < 1.29 is 38.5 Å². The third-order valence-corrected chi connectivity index (χ3v) is 25.9. The summed E-state index contributed by atoms with van der Waals surface area (Å²) in [5.74, 6) is -0.599. The highest BCUT2D eigenvalue weighted by atomic mass is 16.5. The van der Waals surface area contributed by atoms with E-state index < -0.39 is 0 Å². The largest absolute Gasteiger partial charge is 0.469 e. The zero-order valence-corrected chi connectivity index (χ0v) is 80.8. The number of aliphatic hydroxyl groups is 1. The fourth-order valence-electron chi connectivity index (χ4n) is 18.1. The number of ether oxygens (including phenoxy) is 3. The zero-order valence-electron chi connectivity index (χ0n) is 80.8. The topological polar surface area (TPSA) is 181 Å². The maximum absolute atomic E-state index is 12.2. The van der Waals surface area contributed by atoms with Gasteiger partial charge in [0.25, 0.3) is 0 Å². The second-order valence-electron chi connectivity index (χ2n) is 35.5. The van der Waals surface area contributed by atoms with Gasteiger partial charge in [-0.2, -0.15) is 0 Å². The Morgan fingerprint density at radius 1 is 0.214 bits per heavy atom. The number of para-hydroxylation sites is 4. The van der Waals surface area contributed by atoms with Gasteiger partial charge < -0.3 is 43.7 Å². The van der Waals surface area contributed by atoms with Crippen molar-refractivity contribution in [2.75, 3.05) is 47.0 Å². The summed E-state index contributed by atoms with van der Waals surface area (Å²) in [6.45, 7) is 1.45. The van der Waals surface area contributed by atoms with Gasteiger partial charge >= 0.3 is 17.9 Å². The summed E-state index contributed by atoms with van der Waals surface area (Å²) in [6.07, 6.45) is 3.83. The molecule has 2 aromatic heterocycles. The molecule has 2 heterocycles. The lowest BCUT2D eigenvalue weighted by atomic mass is 10.0. The molecule has 0 fully saturated rings. The molecule has 0 aliphatic carbocycles. The molecule has 0 bridgehead atoms. The van der Waals surface area contributed by atoms with Gasteiger partial charge in [0.2, 0.25) is 0 Å². The third kappa shape index (κ3) is 23.3. The van der Waals surface area contributed by atoms with Crippen LogP contribution in [-0.4, -0.2) is 76.2 Å². The summed E-state index contributed by atoms with van der Waals surface area (Å²) in [5.41, 5.74) is 35.3. The molecule has 0 amide bonds. The molecular formula is C129H106N8O8. The molecule has 0 aliphatic heterocycles. The molecule has 0 atom stereocenters. The molecule has 710 valence electrons. The van der Waals surface area contributed by atoms with E-state index in [1.165, 1.54) is 14.2 Å². The van der Waals surface area contributed by atoms with Gasteiger partial charge in [-0.05, 0) is 269 Å². The Morgan fingerprint density at radius 3 is 0.579 bits per heavy atom. The SMILES string of the molecule is CC(=O)CCc1ccc(N(c2ccc(-c3ccccc3)cc2)c2ccc(-c3nc4ccccc4nc3-c3ccc(N(c4ccc(CCC(=O)OCCO)cc4)c4ccc(-c5ccccc5)cc4)cc3)cc2)cc1.COC(=O)CCc1ccc(N(c2ccc(-c3ccccc3)cc2)c2ccc(-c3nc4ccccc4nc3-c3ccc(N(c4ccc(CCC(=O)OC)cc4)c4ccc(-c5ccccc5)cc4)cc3)cc2)cc1. The number of fused-ring (bicyclic) bond motifs is 2. The summed E-state index contributed by atoms with van der Waals surface area (Å²) >= 11 is 0. The summed E-state index contributed by atoms with van der Waals surface area (Å²) < 4.78 is 14.9. The molecule has 0 saturated heterocycles. The van der Waals surface area contributed by atoms with E-state index in [2.05, 4.69) is 384 Å². The number of carbonyl (C=O) groups excluding carboxylic acids is 4. The quantitative estimate of drug-likeness (QED) is 0.0297. The first-order valence-electron chi connectivity index (χ1n) is 48.8. The van der Waals surface area contributed by atoms with Crippen molar-refractivity contribution in [1.82, 2.24) is 19.9 Å². The number of aryl methyl sites for hydroxylation is 4. The minimum Gasteiger partial charge on any atom is -0.469 e. The van der Waals surface area contributed by atoms with Crippen LogP contribution in [0.15, 0.2) is 461 Å². The van der Waals surface area contributed by atoms with Gasteiger partial charge in [0.05, 0.1) is 65.7 Å². The molecule has 145 heavy (non-hydrogen) atoms. The van der Waals surface area contributed by atoms with Crippen molar-refractivity contribution in [1.29, 1.82) is 0 Å². The van der Waals surface area contributed by atoms with Crippen LogP contribution in [0.3, 0.4) is 0 Å². The fraction of sp³-hybridized carbons (Fsp3) is 0.101. The predicted octanol–water partition coefficient (Wildman–Crippen LogP) is 30.7. The molecule has 16 heteroatoms. The molecule has 0 unspecified atom stereocenters. The number of aromatic nitrogens is 4. The lowest BCUT2D eigenvalue weighted by molar-refractivity contribution is -0.144. The summed E-state index contributed by atoms with van der Waals surface area (Å²) in [6, 6.07) is 159. The Morgan fingerprint density at radius 2 is 0.386 bits per heavy atom. The van der Waals surface area contributed by atoms with Crippen molar-refractivity contribution in [2.45, 2.75) is 58.3 Å². The summed E-state index contributed by atoms with van der Waals surface area (Å²) in [5, 5.41) is 9.06. The Labute approximate surface area is 845 Å². The molecule has 1 N–H and O–H groups in total. The van der Waals surface area contributed by atoms with Gasteiger partial charge in [-0.25, -0.2) is 19.9 Å². The van der Waals surface area contributed by atoms with Crippen molar-refractivity contribution >= 4 is 114 Å².